The number of nitrogens with zero attached hydrogens (tertiary/aromatic N) is 4. The lowest BCUT2D eigenvalue weighted by Crippen LogP contribution is -2.46. The van der Waals surface area contributed by atoms with E-state index in [9.17, 15) is 18.4 Å². The molecule has 172 valence electrons. The van der Waals surface area contributed by atoms with E-state index in [2.05, 4.69) is 20.2 Å². The minimum atomic E-state index is -0.671. The van der Waals surface area contributed by atoms with Gasteiger partial charge in [-0.25, -0.2) is 14.4 Å². The SMILES string of the molecule is CNC(=O)c1ccc(N2CCN(Cc3cc(F)c4c(c3)=NC(=O)C3CCCC=43)CC2)c(F)n1. The summed E-state index contributed by atoms with van der Waals surface area (Å²) in [4.78, 5) is 36.0. The van der Waals surface area contributed by atoms with Gasteiger partial charge in [-0.05, 0) is 54.7 Å². The molecule has 2 aromatic rings. The van der Waals surface area contributed by atoms with Crippen LogP contribution in [-0.2, 0) is 11.3 Å². The molecule has 9 heteroatoms. The summed E-state index contributed by atoms with van der Waals surface area (Å²) < 4.78 is 29.5. The highest BCUT2D eigenvalue weighted by atomic mass is 19.1. The summed E-state index contributed by atoms with van der Waals surface area (Å²) in [6.45, 7) is 2.99. The number of hydrogen-bond acceptors (Lipinski definition) is 5. The summed E-state index contributed by atoms with van der Waals surface area (Å²) >= 11 is 0. The van der Waals surface area contributed by atoms with Crippen LogP contribution in [0.2, 0.25) is 0 Å². The maximum Gasteiger partial charge on any atom is 0.269 e. The quantitative estimate of drug-likeness (QED) is 0.703. The normalized spacial score (nSPS) is 20.3. The lowest BCUT2D eigenvalue weighted by Gasteiger charge is -2.36. The molecule has 33 heavy (non-hydrogen) atoms. The zero-order chi connectivity index (χ0) is 23.1. The molecule has 1 unspecified atom stereocenters. The highest BCUT2D eigenvalue weighted by Crippen LogP contribution is 2.33. The van der Waals surface area contributed by atoms with Gasteiger partial charge in [0, 0.05) is 45.0 Å². The summed E-state index contributed by atoms with van der Waals surface area (Å²) in [5.41, 5.74) is 2.08. The Kier molecular flexibility index (Phi) is 5.65. The van der Waals surface area contributed by atoms with Crippen LogP contribution < -0.4 is 20.8 Å². The molecule has 1 aliphatic carbocycles. The molecule has 0 spiro atoms. The molecule has 3 heterocycles. The average molecular weight is 453 g/mol. The highest BCUT2D eigenvalue weighted by Gasteiger charge is 2.32. The molecule has 5 rings (SSSR count). The molecule has 1 N–H and O–H groups in total. The topological polar surface area (TPSA) is 77.9 Å². The smallest absolute Gasteiger partial charge is 0.269 e. The number of nitrogens with one attached hydrogen (secondary N) is 1. The first-order chi connectivity index (χ1) is 15.9. The first-order valence-electron chi connectivity index (χ1n) is 11.2. The van der Waals surface area contributed by atoms with Gasteiger partial charge in [0.1, 0.15) is 11.5 Å². The van der Waals surface area contributed by atoms with Crippen molar-refractivity contribution in [3.8, 4) is 0 Å². The van der Waals surface area contributed by atoms with Crippen LogP contribution >= 0.6 is 0 Å². The van der Waals surface area contributed by atoms with Gasteiger partial charge in [-0.2, -0.15) is 4.39 Å². The predicted octanol–water partition coefficient (Wildman–Crippen LogP) is 1.15. The Balaban J connectivity index is 1.29. The number of aromatic nitrogens is 1. The van der Waals surface area contributed by atoms with Crippen LogP contribution in [0, 0.1) is 17.7 Å². The first-order valence-corrected chi connectivity index (χ1v) is 11.2. The Bertz CT molecular complexity index is 1250. The van der Waals surface area contributed by atoms with Gasteiger partial charge >= 0.3 is 0 Å². The van der Waals surface area contributed by atoms with Crippen molar-refractivity contribution < 1.29 is 18.4 Å². The number of piperazine rings is 1. The molecule has 3 aliphatic rings. The van der Waals surface area contributed by atoms with Crippen molar-refractivity contribution in [2.75, 3.05) is 38.1 Å². The number of fused-ring (bicyclic) bond motifs is 2. The van der Waals surface area contributed by atoms with Crippen LogP contribution in [0.5, 0.6) is 0 Å². The second-order valence-corrected chi connectivity index (χ2v) is 8.74. The first kappa shape index (κ1) is 21.6. The molecule has 2 aliphatic heterocycles. The fraction of sp³-hybridized carbons (Fsp3) is 0.417. The van der Waals surface area contributed by atoms with Crippen molar-refractivity contribution in [3.05, 3.63) is 57.9 Å². The predicted molar refractivity (Wildman–Crippen MR) is 118 cm³/mol. The Labute approximate surface area is 189 Å². The Morgan fingerprint density at radius 2 is 1.97 bits per heavy atom. The number of carbonyl (C=O) groups is 2. The number of amides is 2. The van der Waals surface area contributed by atoms with Crippen LogP contribution in [0.3, 0.4) is 0 Å². The molecule has 1 aromatic carbocycles. The maximum atomic E-state index is 15.0. The van der Waals surface area contributed by atoms with Gasteiger partial charge in [-0.1, -0.05) is 0 Å². The number of anilines is 1. The summed E-state index contributed by atoms with van der Waals surface area (Å²) in [5, 5.41) is 3.40. The second kappa shape index (κ2) is 8.62. The Morgan fingerprint density at radius 3 is 2.70 bits per heavy atom. The summed E-state index contributed by atoms with van der Waals surface area (Å²) in [5.74, 6) is -1.80. The second-order valence-electron chi connectivity index (χ2n) is 8.74. The largest absolute Gasteiger partial charge is 0.365 e. The van der Waals surface area contributed by atoms with Crippen LogP contribution in [0.15, 0.2) is 29.3 Å². The lowest BCUT2D eigenvalue weighted by atomic mass is 9.95. The van der Waals surface area contributed by atoms with E-state index in [0.29, 0.717) is 49.0 Å². The third-order valence-electron chi connectivity index (χ3n) is 6.75. The number of rotatable bonds is 4. The zero-order valence-electron chi connectivity index (χ0n) is 18.4. The average Bonchev–Trinajstić information content (AvgIpc) is 3.29. The molecular formula is C24H25F2N5O2. The lowest BCUT2D eigenvalue weighted by molar-refractivity contribution is -0.120. The van der Waals surface area contributed by atoms with Gasteiger partial charge < -0.3 is 10.2 Å². The number of benzene rings is 1. The summed E-state index contributed by atoms with van der Waals surface area (Å²) in [6, 6.07) is 6.47. The molecule has 1 saturated carbocycles. The molecule has 1 aromatic heterocycles. The molecule has 0 radical (unpaired) electrons. The fourth-order valence-electron chi connectivity index (χ4n) is 5.08. The maximum absolute atomic E-state index is 15.0. The minimum absolute atomic E-state index is 0.0396. The molecule has 1 saturated heterocycles. The van der Waals surface area contributed by atoms with E-state index in [1.54, 1.807) is 12.1 Å². The number of pyridine rings is 1. The molecule has 0 bridgehead atoms. The molecule has 1 atom stereocenters. The standard InChI is InChI=1S/C24H25F2N5O2/c1-27-24(33)18-5-6-20(22(26)28-18)31-9-7-30(8-10-31)13-14-11-17(25)21-15-3-2-4-16(15)23(32)29-19(21)12-14/h5-6,11-12,16H,2-4,7-10,13H2,1H3,(H,27,33). The molecule has 7 nitrogen and oxygen atoms in total. The van der Waals surface area contributed by atoms with E-state index in [-0.39, 0.29) is 23.3 Å². The van der Waals surface area contributed by atoms with Gasteiger partial charge in [0.05, 0.1) is 17.0 Å². The van der Waals surface area contributed by atoms with Crippen LogP contribution in [0.1, 0.15) is 35.3 Å². The van der Waals surface area contributed by atoms with Crippen LogP contribution in [0.4, 0.5) is 14.5 Å². The van der Waals surface area contributed by atoms with Crippen LogP contribution in [-0.4, -0.2) is 54.9 Å². The number of hydrogen-bond donors (Lipinski definition) is 1. The fourth-order valence-corrected chi connectivity index (χ4v) is 5.08. The van der Waals surface area contributed by atoms with E-state index < -0.39 is 11.9 Å². The minimum Gasteiger partial charge on any atom is -0.365 e. The van der Waals surface area contributed by atoms with Gasteiger partial charge in [-0.3, -0.25) is 14.5 Å². The van der Waals surface area contributed by atoms with E-state index in [1.807, 2.05) is 11.0 Å². The van der Waals surface area contributed by atoms with E-state index in [1.165, 1.54) is 13.1 Å². The summed E-state index contributed by atoms with van der Waals surface area (Å²) in [6.07, 6.45) is 2.41. The molecule has 2 amide bonds. The van der Waals surface area contributed by atoms with Gasteiger partial charge in [-0.15, -0.1) is 0 Å². The van der Waals surface area contributed by atoms with E-state index >= 15 is 0 Å². The monoisotopic (exact) mass is 453 g/mol. The third kappa shape index (κ3) is 4.01. The van der Waals surface area contributed by atoms with Crippen molar-refractivity contribution in [3.63, 3.8) is 0 Å². The van der Waals surface area contributed by atoms with Gasteiger partial charge in [0.15, 0.2) is 0 Å². The highest BCUT2D eigenvalue weighted by molar-refractivity contribution is 5.92. The Hall–Kier alpha value is -3.20. The van der Waals surface area contributed by atoms with Crippen molar-refractivity contribution in [2.45, 2.75) is 25.8 Å². The van der Waals surface area contributed by atoms with E-state index in [4.69, 9.17) is 0 Å². The van der Waals surface area contributed by atoms with Crippen molar-refractivity contribution in [1.82, 2.24) is 15.2 Å². The Morgan fingerprint density at radius 1 is 1.18 bits per heavy atom. The van der Waals surface area contributed by atoms with E-state index in [0.717, 1.165) is 30.4 Å². The number of carbonyl (C=O) groups excluding carboxylic acids is 2. The molecule has 2 fully saturated rings. The van der Waals surface area contributed by atoms with Crippen molar-refractivity contribution >= 4 is 23.1 Å². The van der Waals surface area contributed by atoms with Crippen molar-refractivity contribution in [2.24, 2.45) is 10.9 Å². The van der Waals surface area contributed by atoms with Crippen LogP contribution in [0.25, 0.3) is 5.57 Å². The zero-order valence-corrected chi connectivity index (χ0v) is 18.4. The van der Waals surface area contributed by atoms with Gasteiger partial charge in [0.2, 0.25) is 5.95 Å². The third-order valence-corrected chi connectivity index (χ3v) is 6.75. The summed E-state index contributed by atoms with van der Waals surface area (Å²) in [7, 11) is 1.47. The van der Waals surface area contributed by atoms with Gasteiger partial charge in [0.25, 0.3) is 11.8 Å². The molecular weight excluding hydrogens is 428 g/mol. The van der Waals surface area contributed by atoms with Crippen molar-refractivity contribution in [1.29, 1.82) is 0 Å². The number of halogens is 2.